The van der Waals surface area contributed by atoms with Crippen LogP contribution in [0.3, 0.4) is 0 Å². The van der Waals surface area contributed by atoms with Crippen molar-refractivity contribution >= 4 is 29.2 Å². The lowest BCUT2D eigenvalue weighted by Crippen LogP contribution is -2.15. The average molecular weight is 310 g/mol. The third-order valence-corrected chi connectivity index (χ3v) is 3.56. The van der Waals surface area contributed by atoms with Crippen LogP contribution < -0.4 is 11.5 Å². The number of aromatic nitrogens is 2. The van der Waals surface area contributed by atoms with Gasteiger partial charge in [-0.2, -0.15) is 0 Å². The first-order valence-corrected chi connectivity index (χ1v) is 6.80. The van der Waals surface area contributed by atoms with Gasteiger partial charge in [-0.1, -0.05) is 11.8 Å². The largest absolute Gasteiger partial charge is 0.383 e. The van der Waals surface area contributed by atoms with Crippen LogP contribution in [0.4, 0.5) is 20.4 Å². The second-order valence-electron chi connectivity index (χ2n) is 4.25. The summed E-state index contributed by atoms with van der Waals surface area (Å²) in [6, 6.07) is 4.40. The summed E-state index contributed by atoms with van der Waals surface area (Å²) in [5.74, 6) is -2.06. The van der Waals surface area contributed by atoms with Crippen molar-refractivity contribution in [2.24, 2.45) is 0 Å². The van der Waals surface area contributed by atoms with Crippen molar-refractivity contribution in [1.29, 1.82) is 0 Å². The van der Waals surface area contributed by atoms with Gasteiger partial charge in [-0.05, 0) is 25.1 Å². The number of rotatable bonds is 4. The van der Waals surface area contributed by atoms with Gasteiger partial charge in [-0.15, -0.1) is 0 Å². The Morgan fingerprint density at radius 2 is 1.76 bits per heavy atom. The zero-order valence-electron chi connectivity index (χ0n) is 11.0. The fourth-order valence-corrected chi connectivity index (χ4v) is 2.49. The van der Waals surface area contributed by atoms with Gasteiger partial charge in [0.05, 0.1) is 5.25 Å². The zero-order valence-corrected chi connectivity index (χ0v) is 11.8. The molecular formula is C13H12F2N4OS. The Morgan fingerprint density at radius 3 is 2.33 bits per heavy atom. The van der Waals surface area contributed by atoms with E-state index >= 15 is 0 Å². The molecule has 5 nitrogen and oxygen atoms in total. The van der Waals surface area contributed by atoms with Crippen LogP contribution in [0.1, 0.15) is 17.3 Å². The van der Waals surface area contributed by atoms with Gasteiger partial charge in [-0.3, -0.25) is 4.79 Å². The molecule has 2 aromatic rings. The highest BCUT2D eigenvalue weighted by molar-refractivity contribution is 8.00. The Kier molecular flexibility index (Phi) is 4.37. The third-order valence-electron chi connectivity index (χ3n) is 2.60. The molecule has 0 radical (unpaired) electrons. The summed E-state index contributed by atoms with van der Waals surface area (Å²) in [5, 5.41) is -0.355. The Bertz CT molecular complexity index is 676. The van der Waals surface area contributed by atoms with Crippen LogP contribution in [-0.2, 0) is 0 Å². The number of ketones is 1. The number of benzene rings is 1. The monoisotopic (exact) mass is 310 g/mol. The Labute approximate surface area is 123 Å². The van der Waals surface area contributed by atoms with Crippen LogP contribution in [-0.4, -0.2) is 21.0 Å². The molecule has 0 aliphatic carbocycles. The van der Waals surface area contributed by atoms with Crippen molar-refractivity contribution in [2.75, 3.05) is 11.5 Å². The van der Waals surface area contributed by atoms with Crippen molar-refractivity contribution in [3.8, 4) is 0 Å². The maximum atomic E-state index is 13.1. The SMILES string of the molecule is C[C@H](Sc1nc(N)cc(N)n1)C(=O)c1ccc(F)c(F)c1. The van der Waals surface area contributed by atoms with Gasteiger partial charge in [0.25, 0.3) is 0 Å². The van der Waals surface area contributed by atoms with Crippen molar-refractivity contribution in [3.63, 3.8) is 0 Å². The number of nitrogens with two attached hydrogens (primary N) is 2. The Hall–Kier alpha value is -2.22. The van der Waals surface area contributed by atoms with Crippen LogP contribution in [0.2, 0.25) is 0 Å². The maximum absolute atomic E-state index is 13.1. The molecule has 0 fully saturated rings. The number of nitrogen functional groups attached to an aromatic ring is 2. The molecule has 1 aromatic heterocycles. The molecule has 0 spiro atoms. The number of halogens is 2. The Balaban J connectivity index is 2.17. The van der Waals surface area contributed by atoms with Crippen LogP contribution in [0.5, 0.6) is 0 Å². The molecule has 2 rings (SSSR count). The molecule has 21 heavy (non-hydrogen) atoms. The molecule has 0 saturated heterocycles. The van der Waals surface area contributed by atoms with Crippen LogP contribution in [0.25, 0.3) is 0 Å². The molecule has 0 amide bonds. The summed E-state index contributed by atoms with van der Waals surface area (Å²) in [4.78, 5) is 20.0. The summed E-state index contributed by atoms with van der Waals surface area (Å²) in [6.07, 6.45) is 0. The van der Waals surface area contributed by atoms with Crippen molar-refractivity contribution in [1.82, 2.24) is 9.97 Å². The van der Waals surface area contributed by atoms with Crippen LogP contribution in [0, 0.1) is 11.6 Å². The number of hydrogen-bond acceptors (Lipinski definition) is 6. The van der Waals surface area contributed by atoms with Crippen molar-refractivity contribution < 1.29 is 13.6 Å². The summed E-state index contributed by atoms with van der Waals surface area (Å²) in [6.45, 7) is 1.61. The number of nitrogens with zero attached hydrogens (tertiary/aromatic N) is 2. The minimum Gasteiger partial charge on any atom is -0.383 e. The van der Waals surface area contributed by atoms with E-state index in [9.17, 15) is 13.6 Å². The van der Waals surface area contributed by atoms with Crippen molar-refractivity contribution in [3.05, 3.63) is 41.5 Å². The van der Waals surface area contributed by atoms with E-state index in [1.165, 1.54) is 12.1 Å². The van der Waals surface area contributed by atoms with E-state index in [1.807, 2.05) is 0 Å². The number of Topliss-reactive ketones (excluding diaryl/α,β-unsaturated/α-hetero) is 1. The van der Waals surface area contributed by atoms with Crippen LogP contribution in [0.15, 0.2) is 29.4 Å². The number of carbonyl (C=O) groups excluding carboxylic acids is 1. The van der Waals surface area contributed by atoms with E-state index in [0.717, 1.165) is 23.9 Å². The van der Waals surface area contributed by atoms with E-state index < -0.39 is 16.9 Å². The lowest BCUT2D eigenvalue weighted by atomic mass is 10.1. The van der Waals surface area contributed by atoms with Gasteiger partial charge in [0.2, 0.25) is 0 Å². The summed E-state index contributed by atoms with van der Waals surface area (Å²) < 4.78 is 26.0. The maximum Gasteiger partial charge on any atom is 0.192 e. The summed E-state index contributed by atoms with van der Waals surface area (Å²) >= 11 is 1.04. The highest BCUT2D eigenvalue weighted by Gasteiger charge is 2.19. The molecule has 0 bridgehead atoms. The van der Waals surface area contributed by atoms with Gasteiger partial charge < -0.3 is 11.5 Å². The van der Waals surface area contributed by atoms with Gasteiger partial charge in [-0.25, -0.2) is 18.7 Å². The number of carbonyl (C=O) groups is 1. The third kappa shape index (κ3) is 3.66. The quantitative estimate of drug-likeness (QED) is 0.511. The van der Waals surface area contributed by atoms with Crippen molar-refractivity contribution in [2.45, 2.75) is 17.3 Å². The molecule has 1 atom stereocenters. The lowest BCUT2D eigenvalue weighted by Gasteiger charge is -2.10. The van der Waals surface area contributed by atoms with Gasteiger partial charge in [0, 0.05) is 11.6 Å². The average Bonchev–Trinajstić information content (AvgIpc) is 2.39. The summed E-state index contributed by atoms with van der Waals surface area (Å²) in [7, 11) is 0. The second-order valence-corrected chi connectivity index (χ2v) is 5.56. The topological polar surface area (TPSA) is 94.9 Å². The Morgan fingerprint density at radius 1 is 1.14 bits per heavy atom. The fourth-order valence-electron chi connectivity index (χ4n) is 1.61. The molecule has 0 aliphatic heterocycles. The molecule has 1 aromatic carbocycles. The van der Waals surface area contributed by atoms with Gasteiger partial charge >= 0.3 is 0 Å². The molecule has 110 valence electrons. The van der Waals surface area contributed by atoms with E-state index in [-0.39, 0.29) is 28.1 Å². The van der Waals surface area contributed by atoms with Crippen LogP contribution >= 0.6 is 11.8 Å². The summed E-state index contributed by atoms with van der Waals surface area (Å²) in [5.41, 5.74) is 11.2. The standard InChI is InChI=1S/C13H12F2N4OS/c1-6(21-13-18-10(16)5-11(17)19-13)12(20)7-2-3-8(14)9(15)4-7/h2-6H,1H3,(H4,16,17,18,19)/t6-/m0/s1. The number of thioether (sulfide) groups is 1. The molecular weight excluding hydrogens is 298 g/mol. The lowest BCUT2D eigenvalue weighted by molar-refractivity contribution is 0.0993. The second kappa shape index (κ2) is 6.04. The normalized spacial score (nSPS) is 12.1. The van der Waals surface area contributed by atoms with E-state index in [0.29, 0.717) is 0 Å². The predicted octanol–water partition coefficient (Wildman–Crippen LogP) is 2.28. The highest BCUT2D eigenvalue weighted by Crippen LogP contribution is 2.24. The minimum atomic E-state index is -1.07. The van der Waals surface area contributed by atoms with Gasteiger partial charge in [0.1, 0.15) is 11.6 Å². The molecule has 8 heteroatoms. The molecule has 0 unspecified atom stereocenters. The zero-order chi connectivity index (χ0) is 15.6. The molecule has 0 aliphatic rings. The first-order valence-electron chi connectivity index (χ1n) is 5.93. The highest BCUT2D eigenvalue weighted by atomic mass is 32.2. The first-order chi connectivity index (χ1) is 9.86. The first kappa shape index (κ1) is 15.2. The van der Waals surface area contributed by atoms with Gasteiger partial charge in [0.15, 0.2) is 22.6 Å². The van der Waals surface area contributed by atoms with E-state index in [1.54, 1.807) is 6.92 Å². The predicted molar refractivity (Wildman–Crippen MR) is 76.9 cm³/mol. The minimum absolute atomic E-state index is 0.0748. The molecule has 1 heterocycles. The fraction of sp³-hybridized carbons (Fsp3) is 0.154. The molecule has 0 saturated carbocycles. The number of hydrogen-bond donors (Lipinski definition) is 2. The van der Waals surface area contributed by atoms with E-state index in [4.69, 9.17) is 11.5 Å². The molecule has 4 N–H and O–H groups in total. The smallest absolute Gasteiger partial charge is 0.192 e. The van der Waals surface area contributed by atoms with E-state index in [2.05, 4.69) is 9.97 Å². The number of anilines is 2.